The van der Waals surface area contributed by atoms with Gasteiger partial charge in [-0.1, -0.05) is 0 Å². The SMILES string of the molecule is COC(=O)c1c(C)cc(OC(=O)c2c(C)cc(OC)c(C)c2OC)cc1O. The molecule has 0 heterocycles. The first-order valence-corrected chi connectivity index (χ1v) is 8.11. The number of phenolic OH excluding ortho intramolecular Hbond substituents is 1. The van der Waals surface area contributed by atoms with Crippen molar-refractivity contribution in [2.45, 2.75) is 20.8 Å². The Bertz CT molecular complexity index is 877. The number of carbonyl (C=O) groups excluding carboxylic acids is 2. The Labute approximate surface area is 157 Å². The minimum Gasteiger partial charge on any atom is -0.507 e. The van der Waals surface area contributed by atoms with E-state index in [1.165, 1.54) is 33.5 Å². The van der Waals surface area contributed by atoms with Crippen molar-refractivity contribution < 1.29 is 33.6 Å². The maximum absolute atomic E-state index is 12.7. The van der Waals surface area contributed by atoms with Crippen molar-refractivity contribution in [2.24, 2.45) is 0 Å². The molecule has 0 aromatic heterocycles. The van der Waals surface area contributed by atoms with Crippen LogP contribution in [0.1, 0.15) is 37.4 Å². The van der Waals surface area contributed by atoms with E-state index in [0.29, 0.717) is 28.2 Å². The van der Waals surface area contributed by atoms with Gasteiger partial charge in [-0.2, -0.15) is 0 Å². The molecule has 0 aliphatic heterocycles. The van der Waals surface area contributed by atoms with Gasteiger partial charge in [0, 0.05) is 11.6 Å². The molecule has 0 aliphatic rings. The van der Waals surface area contributed by atoms with Gasteiger partial charge in [0.05, 0.1) is 21.3 Å². The zero-order valence-corrected chi connectivity index (χ0v) is 16.1. The van der Waals surface area contributed by atoms with Crippen LogP contribution in [0, 0.1) is 20.8 Å². The third-order valence-corrected chi connectivity index (χ3v) is 4.20. The molecule has 0 spiro atoms. The number of aromatic hydroxyl groups is 1. The van der Waals surface area contributed by atoms with Crippen LogP contribution in [0.3, 0.4) is 0 Å². The summed E-state index contributed by atoms with van der Waals surface area (Å²) in [5.74, 6) is -0.622. The van der Waals surface area contributed by atoms with Gasteiger partial charge in [-0.15, -0.1) is 0 Å². The Balaban J connectivity index is 2.44. The number of phenols is 1. The minimum absolute atomic E-state index is 0.0198. The van der Waals surface area contributed by atoms with Crippen molar-refractivity contribution in [2.75, 3.05) is 21.3 Å². The first-order chi connectivity index (χ1) is 12.7. The minimum atomic E-state index is -0.675. The lowest BCUT2D eigenvalue weighted by Crippen LogP contribution is -2.14. The van der Waals surface area contributed by atoms with Crippen molar-refractivity contribution in [3.63, 3.8) is 0 Å². The van der Waals surface area contributed by atoms with E-state index in [2.05, 4.69) is 4.74 Å². The van der Waals surface area contributed by atoms with Crippen LogP contribution < -0.4 is 14.2 Å². The topological polar surface area (TPSA) is 91.3 Å². The van der Waals surface area contributed by atoms with Crippen LogP contribution in [-0.4, -0.2) is 38.4 Å². The molecule has 2 aromatic carbocycles. The first kappa shape index (κ1) is 20.1. The van der Waals surface area contributed by atoms with E-state index in [9.17, 15) is 14.7 Å². The summed E-state index contributed by atoms with van der Waals surface area (Å²) in [4.78, 5) is 24.5. The predicted molar refractivity (Wildman–Crippen MR) is 98.2 cm³/mol. The third kappa shape index (κ3) is 3.81. The average molecular weight is 374 g/mol. The smallest absolute Gasteiger partial charge is 0.347 e. The van der Waals surface area contributed by atoms with Crippen LogP contribution in [0.25, 0.3) is 0 Å². The highest BCUT2D eigenvalue weighted by atomic mass is 16.5. The Morgan fingerprint density at radius 2 is 1.48 bits per heavy atom. The zero-order valence-electron chi connectivity index (χ0n) is 16.1. The summed E-state index contributed by atoms with van der Waals surface area (Å²) in [5.41, 5.74) is 1.97. The molecule has 0 atom stereocenters. The Morgan fingerprint density at radius 3 is 2.00 bits per heavy atom. The van der Waals surface area contributed by atoms with E-state index in [4.69, 9.17) is 14.2 Å². The number of hydrogen-bond acceptors (Lipinski definition) is 7. The molecular weight excluding hydrogens is 352 g/mol. The van der Waals surface area contributed by atoms with E-state index in [1.807, 2.05) is 0 Å². The molecule has 7 heteroatoms. The predicted octanol–water partition coefficient (Wildman–Crippen LogP) is 3.34. The largest absolute Gasteiger partial charge is 0.507 e. The number of esters is 2. The van der Waals surface area contributed by atoms with Gasteiger partial charge in [0.2, 0.25) is 0 Å². The van der Waals surface area contributed by atoms with Crippen LogP contribution >= 0.6 is 0 Å². The summed E-state index contributed by atoms with van der Waals surface area (Å²) in [6.45, 7) is 5.12. The molecule has 0 bridgehead atoms. The van der Waals surface area contributed by atoms with Crippen molar-refractivity contribution in [1.82, 2.24) is 0 Å². The normalized spacial score (nSPS) is 10.3. The van der Waals surface area contributed by atoms with Crippen molar-refractivity contribution >= 4 is 11.9 Å². The molecule has 1 N–H and O–H groups in total. The number of ether oxygens (including phenoxy) is 4. The zero-order chi connectivity index (χ0) is 20.3. The number of rotatable bonds is 5. The molecule has 0 unspecified atom stereocenters. The van der Waals surface area contributed by atoms with Gasteiger partial charge in [-0.25, -0.2) is 9.59 Å². The quantitative estimate of drug-likeness (QED) is 0.634. The summed E-state index contributed by atoms with van der Waals surface area (Å²) in [6.07, 6.45) is 0. The van der Waals surface area contributed by atoms with Crippen LogP contribution in [0.4, 0.5) is 0 Å². The first-order valence-electron chi connectivity index (χ1n) is 8.11. The van der Waals surface area contributed by atoms with Gasteiger partial charge in [-0.05, 0) is 44.0 Å². The fourth-order valence-electron chi connectivity index (χ4n) is 2.90. The lowest BCUT2D eigenvalue weighted by Gasteiger charge is -2.17. The van der Waals surface area contributed by atoms with E-state index < -0.39 is 11.9 Å². The molecule has 0 amide bonds. The van der Waals surface area contributed by atoms with Crippen molar-refractivity contribution in [3.8, 4) is 23.0 Å². The van der Waals surface area contributed by atoms with Gasteiger partial charge in [-0.3, -0.25) is 0 Å². The van der Waals surface area contributed by atoms with E-state index in [-0.39, 0.29) is 22.6 Å². The molecule has 2 rings (SSSR count). The maximum atomic E-state index is 12.7. The highest BCUT2D eigenvalue weighted by Gasteiger charge is 2.24. The second-order valence-electron chi connectivity index (χ2n) is 5.94. The third-order valence-electron chi connectivity index (χ3n) is 4.20. The number of methoxy groups -OCH3 is 3. The molecule has 0 aliphatic carbocycles. The van der Waals surface area contributed by atoms with Gasteiger partial charge in [0.15, 0.2) is 0 Å². The van der Waals surface area contributed by atoms with Crippen LogP contribution in [0.2, 0.25) is 0 Å². The van der Waals surface area contributed by atoms with Crippen molar-refractivity contribution in [1.29, 1.82) is 0 Å². The molecular formula is C20H22O7. The lowest BCUT2D eigenvalue weighted by molar-refractivity contribution is 0.0596. The van der Waals surface area contributed by atoms with E-state index >= 15 is 0 Å². The monoisotopic (exact) mass is 374 g/mol. The molecule has 7 nitrogen and oxygen atoms in total. The number of benzene rings is 2. The molecule has 144 valence electrons. The number of aryl methyl sites for hydroxylation is 2. The summed E-state index contributed by atoms with van der Waals surface area (Å²) in [6, 6.07) is 4.38. The molecule has 2 aromatic rings. The number of carbonyl (C=O) groups is 2. The van der Waals surface area contributed by atoms with Gasteiger partial charge < -0.3 is 24.1 Å². The molecule has 0 saturated carbocycles. The average Bonchev–Trinajstić information content (AvgIpc) is 2.61. The fraction of sp³-hybridized carbons (Fsp3) is 0.300. The fourth-order valence-corrected chi connectivity index (χ4v) is 2.90. The number of hydrogen-bond donors (Lipinski definition) is 1. The summed E-state index contributed by atoms with van der Waals surface area (Å²) >= 11 is 0. The Hall–Kier alpha value is -3.22. The maximum Gasteiger partial charge on any atom is 0.347 e. The van der Waals surface area contributed by atoms with Crippen LogP contribution in [-0.2, 0) is 4.74 Å². The lowest BCUT2D eigenvalue weighted by atomic mass is 10.0. The van der Waals surface area contributed by atoms with E-state index in [0.717, 1.165) is 0 Å². The van der Waals surface area contributed by atoms with Gasteiger partial charge >= 0.3 is 11.9 Å². The second-order valence-corrected chi connectivity index (χ2v) is 5.94. The molecule has 27 heavy (non-hydrogen) atoms. The standard InChI is InChI=1S/C20H22O7/c1-10-7-13(9-14(21)16(10)19(22)26-6)27-20(23)17-11(2)8-15(24-4)12(3)18(17)25-5/h7-9,21H,1-6H3. The summed E-state index contributed by atoms with van der Waals surface area (Å²) in [7, 11) is 4.21. The van der Waals surface area contributed by atoms with Crippen molar-refractivity contribution in [3.05, 3.63) is 46.0 Å². The molecule has 0 fully saturated rings. The molecule has 0 radical (unpaired) electrons. The summed E-state index contributed by atoms with van der Waals surface area (Å²) in [5, 5.41) is 10.1. The van der Waals surface area contributed by atoms with Crippen LogP contribution in [0.5, 0.6) is 23.0 Å². The van der Waals surface area contributed by atoms with E-state index in [1.54, 1.807) is 26.8 Å². The van der Waals surface area contributed by atoms with Gasteiger partial charge in [0.1, 0.15) is 34.1 Å². The van der Waals surface area contributed by atoms with Gasteiger partial charge in [0.25, 0.3) is 0 Å². The second kappa shape index (κ2) is 7.99. The molecule has 0 saturated heterocycles. The Kier molecular flexibility index (Phi) is 5.95. The highest BCUT2D eigenvalue weighted by molar-refractivity contribution is 5.97. The highest BCUT2D eigenvalue weighted by Crippen LogP contribution is 2.35. The Morgan fingerprint density at radius 1 is 0.852 bits per heavy atom. The van der Waals surface area contributed by atoms with Crippen LogP contribution in [0.15, 0.2) is 18.2 Å². The summed E-state index contributed by atoms with van der Waals surface area (Å²) < 4.78 is 20.7.